The van der Waals surface area contributed by atoms with Gasteiger partial charge in [-0.25, -0.2) is 0 Å². The Morgan fingerprint density at radius 1 is 0.848 bits per heavy atom. The standard InChI is InChI=1S/C27H35Cl2N3O/c28-25-9-8-24(26(29)17-25)20-32-14-10-23(11-15-32)27(33)30-18-21-6-5-7-22(16-21)19-31-12-3-1-2-4-13-31/h5-9,16-17,23H,1-4,10-15,18-20H2,(H,30,33). The van der Waals surface area contributed by atoms with E-state index in [0.29, 0.717) is 16.6 Å². The maximum Gasteiger partial charge on any atom is 0.223 e. The summed E-state index contributed by atoms with van der Waals surface area (Å²) in [6.07, 6.45) is 7.09. The molecule has 0 radical (unpaired) electrons. The SMILES string of the molecule is O=C(NCc1cccc(CN2CCCCCC2)c1)C1CCN(Cc2ccc(Cl)cc2Cl)CC1. The summed E-state index contributed by atoms with van der Waals surface area (Å²) < 4.78 is 0. The Balaban J connectivity index is 1.22. The van der Waals surface area contributed by atoms with E-state index >= 15 is 0 Å². The largest absolute Gasteiger partial charge is 0.352 e. The van der Waals surface area contributed by atoms with Gasteiger partial charge in [0.05, 0.1) is 0 Å². The molecule has 2 aliphatic rings. The van der Waals surface area contributed by atoms with Crippen LogP contribution < -0.4 is 5.32 Å². The number of likely N-dealkylation sites (tertiary alicyclic amines) is 2. The van der Waals surface area contributed by atoms with Gasteiger partial charge < -0.3 is 5.32 Å². The fraction of sp³-hybridized carbons (Fsp3) is 0.519. The highest BCUT2D eigenvalue weighted by atomic mass is 35.5. The average molecular weight is 489 g/mol. The lowest BCUT2D eigenvalue weighted by Crippen LogP contribution is -2.40. The zero-order valence-electron chi connectivity index (χ0n) is 19.4. The Labute approximate surface area is 208 Å². The molecule has 0 saturated carbocycles. The van der Waals surface area contributed by atoms with E-state index in [4.69, 9.17) is 23.2 Å². The first-order chi connectivity index (χ1) is 16.1. The van der Waals surface area contributed by atoms with Crippen molar-refractivity contribution < 1.29 is 4.79 Å². The van der Waals surface area contributed by atoms with Crippen molar-refractivity contribution in [1.82, 2.24) is 15.1 Å². The maximum absolute atomic E-state index is 12.8. The molecular formula is C27H35Cl2N3O. The summed E-state index contributed by atoms with van der Waals surface area (Å²) >= 11 is 12.3. The van der Waals surface area contributed by atoms with Crippen molar-refractivity contribution in [2.45, 2.75) is 58.2 Å². The normalized spacial score (nSPS) is 18.7. The van der Waals surface area contributed by atoms with E-state index in [-0.39, 0.29) is 11.8 Å². The lowest BCUT2D eigenvalue weighted by atomic mass is 9.95. The van der Waals surface area contributed by atoms with Gasteiger partial charge >= 0.3 is 0 Å². The third-order valence-corrected chi connectivity index (χ3v) is 7.52. The van der Waals surface area contributed by atoms with Crippen LogP contribution >= 0.6 is 23.2 Å². The van der Waals surface area contributed by atoms with Gasteiger partial charge in [-0.05, 0) is 80.7 Å². The first-order valence-corrected chi connectivity index (χ1v) is 13.1. The first-order valence-electron chi connectivity index (χ1n) is 12.3. The highest BCUT2D eigenvalue weighted by Crippen LogP contribution is 2.25. The number of amides is 1. The van der Waals surface area contributed by atoms with Crippen LogP contribution in [0.4, 0.5) is 0 Å². The summed E-state index contributed by atoms with van der Waals surface area (Å²) in [5, 5.41) is 4.55. The molecule has 6 heteroatoms. The van der Waals surface area contributed by atoms with E-state index in [1.165, 1.54) is 49.9 Å². The van der Waals surface area contributed by atoms with E-state index in [9.17, 15) is 4.79 Å². The highest BCUT2D eigenvalue weighted by Gasteiger charge is 2.25. The smallest absolute Gasteiger partial charge is 0.223 e. The molecule has 0 unspecified atom stereocenters. The maximum atomic E-state index is 12.8. The second-order valence-corrected chi connectivity index (χ2v) is 10.4. The van der Waals surface area contributed by atoms with Crippen LogP contribution in [0.1, 0.15) is 55.2 Å². The lowest BCUT2D eigenvalue weighted by Gasteiger charge is -2.31. The van der Waals surface area contributed by atoms with Gasteiger partial charge in [0, 0.05) is 35.6 Å². The molecule has 0 aromatic heterocycles. The number of nitrogens with zero attached hydrogens (tertiary/aromatic N) is 2. The van der Waals surface area contributed by atoms with Gasteiger partial charge in [-0.15, -0.1) is 0 Å². The Bertz CT molecular complexity index is 919. The number of benzene rings is 2. The van der Waals surface area contributed by atoms with Gasteiger partial charge in [-0.2, -0.15) is 0 Å². The second-order valence-electron chi connectivity index (χ2n) is 9.51. The average Bonchev–Trinajstić information content (AvgIpc) is 3.09. The van der Waals surface area contributed by atoms with Crippen molar-refractivity contribution >= 4 is 29.1 Å². The third kappa shape index (κ3) is 7.45. The second kappa shape index (κ2) is 12.2. The number of carbonyl (C=O) groups is 1. The fourth-order valence-electron chi connectivity index (χ4n) is 4.97. The molecule has 0 aliphatic carbocycles. The number of hydrogen-bond donors (Lipinski definition) is 1. The quantitative estimate of drug-likeness (QED) is 0.527. The van der Waals surface area contributed by atoms with Gasteiger partial charge in [-0.1, -0.05) is 66.4 Å². The van der Waals surface area contributed by atoms with Crippen LogP contribution in [0.15, 0.2) is 42.5 Å². The van der Waals surface area contributed by atoms with Crippen molar-refractivity contribution in [3.8, 4) is 0 Å². The van der Waals surface area contributed by atoms with Crippen molar-refractivity contribution in [1.29, 1.82) is 0 Å². The predicted octanol–water partition coefficient (Wildman–Crippen LogP) is 5.90. The van der Waals surface area contributed by atoms with Crippen molar-refractivity contribution in [3.05, 3.63) is 69.2 Å². The molecule has 33 heavy (non-hydrogen) atoms. The van der Waals surface area contributed by atoms with Crippen LogP contribution in [0, 0.1) is 5.92 Å². The van der Waals surface area contributed by atoms with Crippen molar-refractivity contribution in [3.63, 3.8) is 0 Å². The molecule has 0 spiro atoms. The summed E-state index contributed by atoms with van der Waals surface area (Å²) in [7, 11) is 0. The van der Waals surface area contributed by atoms with Crippen molar-refractivity contribution in [2.24, 2.45) is 5.92 Å². The zero-order chi connectivity index (χ0) is 23.0. The molecular weight excluding hydrogens is 453 g/mol. The lowest BCUT2D eigenvalue weighted by molar-refractivity contribution is -0.126. The number of hydrogen-bond acceptors (Lipinski definition) is 3. The molecule has 2 aromatic carbocycles. The van der Waals surface area contributed by atoms with E-state index < -0.39 is 0 Å². The summed E-state index contributed by atoms with van der Waals surface area (Å²) in [6.45, 7) is 6.62. The minimum Gasteiger partial charge on any atom is -0.352 e. The summed E-state index contributed by atoms with van der Waals surface area (Å²) in [5.41, 5.74) is 3.62. The molecule has 1 N–H and O–H groups in total. The topological polar surface area (TPSA) is 35.6 Å². The van der Waals surface area contributed by atoms with Gasteiger partial charge in [-0.3, -0.25) is 14.6 Å². The molecule has 0 atom stereocenters. The van der Waals surface area contributed by atoms with Crippen molar-refractivity contribution in [2.75, 3.05) is 26.2 Å². The van der Waals surface area contributed by atoms with Gasteiger partial charge in [0.15, 0.2) is 0 Å². The number of piperidine rings is 1. The Morgan fingerprint density at radius 3 is 2.27 bits per heavy atom. The Morgan fingerprint density at radius 2 is 1.55 bits per heavy atom. The van der Waals surface area contributed by atoms with E-state index in [0.717, 1.165) is 44.6 Å². The molecule has 2 saturated heterocycles. The number of nitrogens with one attached hydrogen (secondary N) is 1. The van der Waals surface area contributed by atoms with Crippen LogP contribution in [0.3, 0.4) is 0 Å². The summed E-state index contributed by atoms with van der Waals surface area (Å²) in [6, 6.07) is 14.4. The van der Waals surface area contributed by atoms with Gasteiger partial charge in [0.2, 0.25) is 5.91 Å². The highest BCUT2D eigenvalue weighted by molar-refractivity contribution is 6.35. The van der Waals surface area contributed by atoms with Crippen LogP contribution in [-0.2, 0) is 24.4 Å². The fourth-order valence-corrected chi connectivity index (χ4v) is 5.44. The first kappa shape index (κ1) is 24.5. The molecule has 0 bridgehead atoms. The molecule has 1 amide bonds. The van der Waals surface area contributed by atoms with Gasteiger partial charge in [0.25, 0.3) is 0 Å². The summed E-state index contributed by atoms with van der Waals surface area (Å²) in [4.78, 5) is 17.7. The number of halogens is 2. The van der Waals surface area contributed by atoms with Gasteiger partial charge in [0.1, 0.15) is 0 Å². The van der Waals surface area contributed by atoms with Crippen LogP contribution in [0.5, 0.6) is 0 Å². The van der Waals surface area contributed by atoms with E-state index in [1.807, 2.05) is 12.1 Å². The van der Waals surface area contributed by atoms with E-state index in [1.54, 1.807) is 6.07 Å². The molecule has 2 heterocycles. The van der Waals surface area contributed by atoms with Crippen LogP contribution in [0.25, 0.3) is 0 Å². The minimum absolute atomic E-state index is 0.0854. The predicted molar refractivity (Wildman–Crippen MR) is 136 cm³/mol. The van der Waals surface area contributed by atoms with Crippen LogP contribution in [-0.4, -0.2) is 41.9 Å². The molecule has 2 aromatic rings. The monoisotopic (exact) mass is 487 g/mol. The molecule has 4 rings (SSSR count). The third-order valence-electron chi connectivity index (χ3n) is 6.93. The van der Waals surface area contributed by atoms with Crippen LogP contribution in [0.2, 0.25) is 10.0 Å². The molecule has 2 fully saturated rings. The molecule has 2 aliphatic heterocycles. The molecule has 178 valence electrons. The Kier molecular flexibility index (Phi) is 9.08. The molecule has 4 nitrogen and oxygen atoms in total. The minimum atomic E-state index is 0.0854. The van der Waals surface area contributed by atoms with E-state index in [2.05, 4.69) is 39.4 Å². The number of carbonyl (C=O) groups excluding carboxylic acids is 1. The Hall–Kier alpha value is -1.59. The zero-order valence-corrected chi connectivity index (χ0v) is 20.9. The number of rotatable bonds is 7. The summed E-state index contributed by atoms with van der Waals surface area (Å²) in [5.74, 6) is 0.263.